The molecule has 0 fully saturated rings. The molecule has 3 rings (SSSR count). The Bertz CT molecular complexity index is 1040. The van der Waals surface area contributed by atoms with E-state index in [2.05, 4.69) is 14.9 Å². The number of aryl methyl sites for hydroxylation is 1. The fourth-order valence-corrected chi connectivity index (χ4v) is 3.81. The average molecular weight is 385 g/mol. The van der Waals surface area contributed by atoms with E-state index >= 15 is 0 Å². The van der Waals surface area contributed by atoms with Gasteiger partial charge < -0.3 is 4.42 Å². The Hall–Kier alpha value is -2.75. The van der Waals surface area contributed by atoms with Crippen molar-refractivity contribution in [2.75, 3.05) is 4.72 Å². The fourth-order valence-electron chi connectivity index (χ4n) is 2.51. The summed E-state index contributed by atoms with van der Waals surface area (Å²) in [5.74, 6) is 0.355. The number of furan rings is 1. The molecule has 138 valence electrons. The van der Waals surface area contributed by atoms with E-state index in [0.29, 0.717) is 5.69 Å². The Morgan fingerprint density at radius 3 is 2.54 bits per heavy atom. The van der Waals surface area contributed by atoms with Gasteiger partial charge in [-0.05, 0) is 37.6 Å². The van der Waals surface area contributed by atoms with Gasteiger partial charge in [0.05, 0.1) is 11.3 Å². The number of sulfonamides is 1. The highest BCUT2D eigenvalue weighted by Crippen LogP contribution is 2.35. The first-order valence-electron chi connectivity index (χ1n) is 7.39. The normalized spacial score (nSPS) is 12.3. The lowest BCUT2D eigenvalue weighted by molar-refractivity contribution is -0.138. The zero-order chi connectivity index (χ0) is 19.1. The second-order valence-corrected chi connectivity index (χ2v) is 7.23. The van der Waals surface area contributed by atoms with Crippen molar-refractivity contribution in [1.29, 1.82) is 0 Å². The van der Waals surface area contributed by atoms with E-state index in [9.17, 15) is 21.6 Å². The molecular weight excluding hydrogens is 371 g/mol. The standard InChI is InChI=1S/C16H14F3N3O3S/c1-9-11(16(17,18)19)4-3-5-12(9)22-26(23,24)15-8-14(25-10(15)2)13-6-7-20-21-13/h3-8,22H,1-2H3,(H,20,21). The van der Waals surface area contributed by atoms with Gasteiger partial charge in [-0.2, -0.15) is 18.3 Å². The Kier molecular flexibility index (Phi) is 4.31. The van der Waals surface area contributed by atoms with Crippen LogP contribution in [0.3, 0.4) is 0 Å². The van der Waals surface area contributed by atoms with Gasteiger partial charge in [0.2, 0.25) is 0 Å². The van der Waals surface area contributed by atoms with E-state index in [0.717, 1.165) is 12.1 Å². The van der Waals surface area contributed by atoms with Gasteiger partial charge in [0, 0.05) is 12.3 Å². The van der Waals surface area contributed by atoms with Crippen molar-refractivity contribution < 1.29 is 26.0 Å². The number of rotatable bonds is 4. The lowest BCUT2D eigenvalue weighted by atomic mass is 10.1. The van der Waals surface area contributed by atoms with Gasteiger partial charge >= 0.3 is 6.18 Å². The number of aromatic nitrogens is 2. The maximum absolute atomic E-state index is 13.0. The first-order chi connectivity index (χ1) is 12.1. The molecule has 0 bridgehead atoms. The molecule has 0 aliphatic rings. The van der Waals surface area contributed by atoms with Crippen molar-refractivity contribution in [2.45, 2.75) is 24.9 Å². The molecule has 26 heavy (non-hydrogen) atoms. The number of aromatic amines is 1. The Labute approximate surface area is 147 Å². The molecule has 0 spiro atoms. The summed E-state index contributed by atoms with van der Waals surface area (Å²) in [7, 11) is -4.14. The van der Waals surface area contributed by atoms with E-state index in [1.807, 2.05) is 0 Å². The van der Waals surface area contributed by atoms with Crippen LogP contribution >= 0.6 is 0 Å². The lowest BCUT2D eigenvalue weighted by Gasteiger charge is -2.15. The van der Waals surface area contributed by atoms with Crippen molar-refractivity contribution in [3.05, 3.63) is 53.4 Å². The summed E-state index contributed by atoms with van der Waals surface area (Å²) >= 11 is 0. The molecule has 3 aromatic rings. The van der Waals surface area contributed by atoms with Crippen LogP contribution in [0.25, 0.3) is 11.5 Å². The second kappa shape index (κ2) is 6.20. The maximum atomic E-state index is 13.0. The van der Waals surface area contributed by atoms with Crippen LogP contribution in [0.1, 0.15) is 16.9 Å². The topological polar surface area (TPSA) is 88.0 Å². The lowest BCUT2D eigenvalue weighted by Crippen LogP contribution is -2.16. The second-order valence-electron chi connectivity index (χ2n) is 5.58. The summed E-state index contributed by atoms with van der Waals surface area (Å²) in [5, 5.41) is 6.40. The molecule has 0 atom stereocenters. The average Bonchev–Trinajstić information content (AvgIpc) is 3.17. The van der Waals surface area contributed by atoms with Crippen LogP contribution in [0.4, 0.5) is 18.9 Å². The molecule has 0 saturated carbocycles. The SMILES string of the molecule is Cc1oc(-c2ccn[nH]2)cc1S(=O)(=O)Nc1cccc(C(F)(F)F)c1C. The van der Waals surface area contributed by atoms with Gasteiger partial charge in [0.1, 0.15) is 16.3 Å². The van der Waals surface area contributed by atoms with Crippen LogP contribution in [0.5, 0.6) is 0 Å². The molecule has 10 heteroatoms. The number of alkyl halides is 3. The fraction of sp³-hybridized carbons (Fsp3) is 0.188. The molecule has 6 nitrogen and oxygen atoms in total. The summed E-state index contributed by atoms with van der Waals surface area (Å²) in [6.45, 7) is 2.66. The van der Waals surface area contributed by atoms with Crippen LogP contribution in [-0.2, 0) is 16.2 Å². The van der Waals surface area contributed by atoms with Crippen LogP contribution in [0, 0.1) is 13.8 Å². The van der Waals surface area contributed by atoms with E-state index in [1.54, 1.807) is 6.07 Å². The van der Waals surface area contributed by atoms with E-state index in [-0.39, 0.29) is 27.7 Å². The highest BCUT2D eigenvalue weighted by atomic mass is 32.2. The molecular formula is C16H14F3N3O3S. The maximum Gasteiger partial charge on any atom is 0.416 e. The van der Waals surface area contributed by atoms with Crippen LogP contribution in [0.2, 0.25) is 0 Å². The van der Waals surface area contributed by atoms with Crippen LogP contribution < -0.4 is 4.72 Å². The van der Waals surface area contributed by atoms with Crippen molar-refractivity contribution in [2.24, 2.45) is 0 Å². The van der Waals surface area contributed by atoms with Gasteiger partial charge in [-0.25, -0.2) is 8.42 Å². The summed E-state index contributed by atoms with van der Waals surface area (Å²) < 4.78 is 71.9. The Morgan fingerprint density at radius 1 is 1.19 bits per heavy atom. The van der Waals surface area contributed by atoms with Gasteiger partial charge in [-0.3, -0.25) is 9.82 Å². The van der Waals surface area contributed by atoms with Crippen molar-refractivity contribution in [1.82, 2.24) is 10.2 Å². The van der Waals surface area contributed by atoms with Crippen LogP contribution in [-0.4, -0.2) is 18.6 Å². The van der Waals surface area contributed by atoms with Gasteiger partial charge in [0.15, 0.2) is 5.76 Å². The highest BCUT2D eigenvalue weighted by Gasteiger charge is 2.33. The van der Waals surface area contributed by atoms with Gasteiger partial charge in [-0.15, -0.1) is 0 Å². The predicted octanol–water partition coefficient (Wildman–Crippen LogP) is 4.11. The number of nitrogens with one attached hydrogen (secondary N) is 2. The quantitative estimate of drug-likeness (QED) is 0.708. The third-order valence-electron chi connectivity index (χ3n) is 3.81. The predicted molar refractivity (Wildman–Crippen MR) is 88.0 cm³/mol. The minimum atomic E-state index is -4.58. The van der Waals surface area contributed by atoms with Crippen molar-refractivity contribution >= 4 is 15.7 Å². The first-order valence-corrected chi connectivity index (χ1v) is 8.88. The number of H-pyrrole nitrogens is 1. The number of benzene rings is 1. The largest absolute Gasteiger partial charge is 0.458 e. The Balaban J connectivity index is 1.99. The van der Waals surface area contributed by atoms with Crippen molar-refractivity contribution in [3.8, 4) is 11.5 Å². The number of hydrogen-bond acceptors (Lipinski definition) is 4. The minimum Gasteiger partial charge on any atom is -0.458 e. The minimum absolute atomic E-state index is 0.103. The first kappa shape index (κ1) is 18.1. The summed E-state index contributed by atoms with van der Waals surface area (Å²) in [4.78, 5) is -0.168. The molecule has 2 heterocycles. The number of hydrogen-bond donors (Lipinski definition) is 2. The number of nitrogens with zero attached hydrogens (tertiary/aromatic N) is 1. The molecule has 2 N–H and O–H groups in total. The monoisotopic (exact) mass is 385 g/mol. The molecule has 0 unspecified atom stereocenters. The summed E-state index contributed by atoms with van der Waals surface area (Å²) in [6.07, 6.45) is -3.10. The molecule has 0 aliphatic carbocycles. The smallest absolute Gasteiger partial charge is 0.416 e. The van der Waals surface area contributed by atoms with Crippen LogP contribution in [0.15, 0.2) is 45.8 Å². The molecule has 1 aromatic carbocycles. The van der Waals surface area contributed by atoms with Gasteiger partial charge in [-0.1, -0.05) is 6.07 Å². The molecule has 0 amide bonds. The third-order valence-corrected chi connectivity index (χ3v) is 5.28. The zero-order valence-corrected chi connectivity index (χ0v) is 14.5. The van der Waals surface area contributed by atoms with E-state index < -0.39 is 21.8 Å². The molecule has 2 aromatic heterocycles. The zero-order valence-electron chi connectivity index (χ0n) is 13.7. The molecule has 0 saturated heterocycles. The van der Waals surface area contributed by atoms with E-state index in [1.165, 1.54) is 32.2 Å². The molecule has 0 aliphatic heterocycles. The molecule has 0 radical (unpaired) electrons. The number of anilines is 1. The number of halogens is 3. The van der Waals surface area contributed by atoms with E-state index in [4.69, 9.17) is 4.42 Å². The third kappa shape index (κ3) is 3.32. The van der Waals surface area contributed by atoms with Gasteiger partial charge in [0.25, 0.3) is 10.0 Å². The highest BCUT2D eigenvalue weighted by molar-refractivity contribution is 7.92. The van der Waals surface area contributed by atoms with Crippen molar-refractivity contribution in [3.63, 3.8) is 0 Å². The summed E-state index contributed by atoms with van der Waals surface area (Å²) in [5.41, 5.74) is -0.786. The Morgan fingerprint density at radius 2 is 1.92 bits per heavy atom. The summed E-state index contributed by atoms with van der Waals surface area (Å²) in [6, 6.07) is 6.19.